The number of benzene rings is 1. The van der Waals surface area contributed by atoms with E-state index in [1.807, 2.05) is 45.2 Å². The van der Waals surface area contributed by atoms with E-state index < -0.39 is 5.60 Å². The van der Waals surface area contributed by atoms with Crippen LogP contribution in [0.25, 0.3) is 10.4 Å². The first-order valence-electron chi connectivity index (χ1n) is 8.16. The van der Waals surface area contributed by atoms with Crippen LogP contribution in [0.15, 0.2) is 36.5 Å². The first-order chi connectivity index (χ1) is 11.4. The van der Waals surface area contributed by atoms with E-state index in [2.05, 4.69) is 27.3 Å². The molecule has 0 saturated carbocycles. The van der Waals surface area contributed by atoms with Crippen LogP contribution in [0, 0.1) is 0 Å². The number of rotatable bonds is 3. The zero-order valence-electron chi connectivity index (χ0n) is 14.3. The van der Waals surface area contributed by atoms with Gasteiger partial charge in [-0.2, -0.15) is 0 Å². The van der Waals surface area contributed by atoms with E-state index in [4.69, 9.17) is 4.74 Å². The summed E-state index contributed by atoms with van der Waals surface area (Å²) in [6.45, 7) is 7.26. The van der Waals surface area contributed by atoms with Crippen molar-refractivity contribution < 1.29 is 9.53 Å². The Morgan fingerprint density at radius 1 is 1.33 bits per heavy atom. The van der Waals surface area contributed by atoms with Crippen molar-refractivity contribution in [1.82, 2.24) is 10.3 Å². The molecular formula is C18H23N3O2S. The highest BCUT2D eigenvalue weighted by molar-refractivity contribution is 7.18. The summed E-state index contributed by atoms with van der Waals surface area (Å²) in [5.74, 6) is 0. The SMILES string of the molecule is CC(C)(C)OC(=O)N[C@H]1CCN(c2ncc(-c3ccccc3)s2)C1. The molecule has 0 aliphatic carbocycles. The fourth-order valence-corrected chi connectivity index (χ4v) is 3.63. The zero-order valence-corrected chi connectivity index (χ0v) is 15.1. The predicted octanol–water partition coefficient (Wildman–Crippen LogP) is 3.91. The number of hydrogen-bond acceptors (Lipinski definition) is 5. The fraction of sp³-hybridized carbons (Fsp3) is 0.444. The summed E-state index contributed by atoms with van der Waals surface area (Å²) in [4.78, 5) is 19.8. The molecule has 0 spiro atoms. The molecule has 1 fully saturated rings. The van der Waals surface area contributed by atoms with Gasteiger partial charge >= 0.3 is 6.09 Å². The topological polar surface area (TPSA) is 54.5 Å². The van der Waals surface area contributed by atoms with Gasteiger partial charge in [0.1, 0.15) is 5.60 Å². The number of ether oxygens (including phenoxy) is 1. The second kappa shape index (κ2) is 6.81. The Morgan fingerprint density at radius 3 is 2.79 bits per heavy atom. The maximum Gasteiger partial charge on any atom is 0.407 e. The van der Waals surface area contributed by atoms with Crippen molar-refractivity contribution in [3.05, 3.63) is 36.5 Å². The number of nitrogens with zero attached hydrogens (tertiary/aromatic N) is 2. The van der Waals surface area contributed by atoms with Crippen molar-refractivity contribution in [2.24, 2.45) is 0 Å². The van der Waals surface area contributed by atoms with Crippen LogP contribution in [0.1, 0.15) is 27.2 Å². The lowest BCUT2D eigenvalue weighted by molar-refractivity contribution is 0.0509. The van der Waals surface area contributed by atoms with Gasteiger partial charge in [-0.25, -0.2) is 9.78 Å². The Labute approximate surface area is 146 Å². The molecule has 24 heavy (non-hydrogen) atoms. The molecule has 2 aromatic rings. The molecule has 128 valence electrons. The van der Waals surface area contributed by atoms with E-state index in [-0.39, 0.29) is 12.1 Å². The number of hydrogen-bond donors (Lipinski definition) is 1. The van der Waals surface area contributed by atoms with E-state index in [1.54, 1.807) is 11.3 Å². The second-order valence-corrected chi connectivity index (χ2v) is 7.96. The lowest BCUT2D eigenvalue weighted by Gasteiger charge is -2.22. The molecule has 1 atom stereocenters. The third kappa shape index (κ3) is 4.26. The van der Waals surface area contributed by atoms with Gasteiger partial charge in [0.05, 0.1) is 10.9 Å². The number of alkyl carbamates (subject to hydrolysis) is 1. The molecule has 1 aromatic heterocycles. The van der Waals surface area contributed by atoms with Crippen LogP contribution in [-0.2, 0) is 4.74 Å². The van der Waals surface area contributed by atoms with Gasteiger partial charge in [0.2, 0.25) is 0 Å². The summed E-state index contributed by atoms with van der Waals surface area (Å²) in [6.07, 6.45) is 2.47. The van der Waals surface area contributed by atoms with Crippen molar-refractivity contribution in [2.45, 2.75) is 38.8 Å². The van der Waals surface area contributed by atoms with E-state index in [9.17, 15) is 4.79 Å². The van der Waals surface area contributed by atoms with Gasteiger partial charge in [0.25, 0.3) is 0 Å². The van der Waals surface area contributed by atoms with Crippen LogP contribution in [0.2, 0.25) is 0 Å². The highest BCUT2D eigenvalue weighted by Crippen LogP contribution is 2.32. The van der Waals surface area contributed by atoms with Crippen molar-refractivity contribution >= 4 is 22.6 Å². The van der Waals surface area contributed by atoms with Gasteiger partial charge in [0, 0.05) is 19.3 Å². The summed E-state index contributed by atoms with van der Waals surface area (Å²) < 4.78 is 5.32. The summed E-state index contributed by atoms with van der Waals surface area (Å²) in [6, 6.07) is 10.4. The molecule has 0 unspecified atom stereocenters. The molecule has 1 saturated heterocycles. The highest BCUT2D eigenvalue weighted by atomic mass is 32.1. The first kappa shape index (κ1) is 16.8. The van der Waals surface area contributed by atoms with E-state index in [1.165, 1.54) is 5.56 Å². The summed E-state index contributed by atoms with van der Waals surface area (Å²) in [5.41, 5.74) is 0.714. The molecule has 1 N–H and O–H groups in total. The number of anilines is 1. The van der Waals surface area contributed by atoms with Crippen molar-refractivity contribution in [1.29, 1.82) is 0 Å². The van der Waals surface area contributed by atoms with E-state index >= 15 is 0 Å². The quantitative estimate of drug-likeness (QED) is 0.916. The van der Waals surface area contributed by atoms with Crippen LogP contribution in [0.5, 0.6) is 0 Å². The number of thiazole rings is 1. The van der Waals surface area contributed by atoms with Crippen LogP contribution >= 0.6 is 11.3 Å². The molecule has 1 aliphatic rings. The predicted molar refractivity (Wildman–Crippen MR) is 97.5 cm³/mol. The number of aromatic nitrogens is 1. The Kier molecular flexibility index (Phi) is 4.76. The number of amides is 1. The summed E-state index contributed by atoms with van der Waals surface area (Å²) in [5, 5.41) is 3.95. The minimum atomic E-state index is -0.470. The Balaban J connectivity index is 1.58. The number of nitrogens with one attached hydrogen (secondary N) is 1. The highest BCUT2D eigenvalue weighted by Gasteiger charge is 2.27. The molecule has 0 bridgehead atoms. The average Bonchev–Trinajstić information content (AvgIpc) is 3.15. The van der Waals surface area contributed by atoms with Crippen LogP contribution in [0.4, 0.5) is 9.93 Å². The monoisotopic (exact) mass is 345 g/mol. The fourth-order valence-electron chi connectivity index (χ4n) is 2.67. The van der Waals surface area contributed by atoms with Gasteiger partial charge in [-0.1, -0.05) is 41.7 Å². The lowest BCUT2D eigenvalue weighted by atomic mass is 10.2. The lowest BCUT2D eigenvalue weighted by Crippen LogP contribution is -2.40. The molecule has 1 amide bonds. The maximum absolute atomic E-state index is 11.9. The standard InChI is InChI=1S/C18H23N3O2S/c1-18(2,3)23-17(22)20-14-9-10-21(12-14)16-19-11-15(24-16)13-7-5-4-6-8-13/h4-8,11,14H,9-10,12H2,1-3H3,(H,20,22)/t14-/m0/s1. The van der Waals surface area contributed by atoms with Crippen molar-refractivity contribution in [3.8, 4) is 10.4 Å². The third-order valence-corrected chi connectivity index (χ3v) is 4.84. The molecule has 1 aliphatic heterocycles. The van der Waals surface area contributed by atoms with Crippen LogP contribution < -0.4 is 10.2 Å². The minimum Gasteiger partial charge on any atom is -0.444 e. The summed E-state index contributed by atoms with van der Waals surface area (Å²) >= 11 is 1.69. The molecule has 3 rings (SSSR count). The van der Waals surface area contributed by atoms with Crippen molar-refractivity contribution in [3.63, 3.8) is 0 Å². The minimum absolute atomic E-state index is 0.101. The smallest absolute Gasteiger partial charge is 0.407 e. The Bertz CT molecular complexity index is 694. The van der Waals surface area contributed by atoms with E-state index in [0.717, 1.165) is 29.5 Å². The second-order valence-electron chi connectivity index (χ2n) is 6.95. The molecule has 0 radical (unpaired) electrons. The van der Waals surface area contributed by atoms with Gasteiger partial charge in [-0.15, -0.1) is 0 Å². The molecule has 2 heterocycles. The Hall–Kier alpha value is -2.08. The van der Waals surface area contributed by atoms with Gasteiger partial charge in [-0.05, 0) is 32.8 Å². The summed E-state index contributed by atoms with van der Waals surface area (Å²) in [7, 11) is 0. The maximum atomic E-state index is 11.9. The van der Waals surface area contributed by atoms with Gasteiger partial charge in [0.15, 0.2) is 5.13 Å². The first-order valence-corrected chi connectivity index (χ1v) is 8.98. The largest absolute Gasteiger partial charge is 0.444 e. The normalized spacial score (nSPS) is 17.8. The number of carbonyl (C=O) groups is 1. The molecular weight excluding hydrogens is 322 g/mol. The molecule has 5 nitrogen and oxygen atoms in total. The van der Waals surface area contributed by atoms with Crippen LogP contribution in [-0.4, -0.2) is 35.8 Å². The van der Waals surface area contributed by atoms with Gasteiger partial charge < -0.3 is 15.0 Å². The Morgan fingerprint density at radius 2 is 2.08 bits per heavy atom. The number of carbonyl (C=O) groups excluding carboxylic acids is 1. The third-order valence-electron chi connectivity index (χ3n) is 3.73. The van der Waals surface area contributed by atoms with Gasteiger partial charge in [-0.3, -0.25) is 0 Å². The average molecular weight is 345 g/mol. The molecule has 6 heteroatoms. The van der Waals surface area contributed by atoms with Crippen LogP contribution in [0.3, 0.4) is 0 Å². The van der Waals surface area contributed by atoms with Crippen molar-refractivity contribution in [2.75, 3.05) is 18.0 Å². The molecule has 1 aromatic carbocycles. The zero-order chi connectivity index (χ0) is 17.2. The van der Waals surface area contributed by atoms with E-state index in [0.29, 0.717) is 0 Å².